The molecule has 132 valence electrons. The van der Waals surface area contributed by atoms with E-state index in [9.17, 15) is 4.39 Å². The molecule has 4 nitrogen and oxygen atoms in total. The second-order valence-electron chi connectivity index (χ2n) is 6.13. The molecule has 2 heterocycles. The summed E-state index contributed by atoms with van der Waals surface area (Å²) in [5.74, 6) is 7.12. The normalized spacial score (nSPS) is 10.6. The molecule has 0 spiro atoms. The Labute approximate surface area is 156 Å². The zero-order valence-corrected chi connectivity index (χ0v) is 15.1. The molecule has 0 radical (unpaired) electrons. The number of aromatic nitrogens is 4. The molecule has 4 rings (SSSR count). The lowest BCUT2D eigenvalue weighted by Crippen LogP contribution is -1.97. The predicted molar refractivity (Wildman–Crippen MR) is 104 cm³/mol. The van der Waals surface area contributed by atoms with E-state index >= 15 is 0 Å². The van der Waals surface area contributed by atoms with Crippen LogP contribution in [-0.4, -0.2) is 19.5 Å². The first-order valence-corrected chi connectivity index (χ1v) is 8.72. The zero-order valence-electron chi connectivity index (χ0n) is 15.1. The van der Waals surface area contributed by atoms with E-state index in [0.29, 0.717) is 22.9 Å². The maximum atomic E-state index is 13.5. The van der Waals surface area contributed by atoms with E-state index in [4.69, 9.17) is 0 Å². The van der Waals surface area contributed by atoms with Gasteiger partial charge in [-0.3, -0.25) is 0 Å². The molecule has 0 fully saturated rings. The van der Waals surface area contributed by atoms with Crippen molar-refractivity contribution in [3.05, 3.63) is 77.9 Å². The van der Waals surface area contributed by atoms with E-state index in [0.717, 1.165) is 23.2 Å². The summed E-state index contributed by atoms with van der Waals surface area (Å²) >= 11 is 0. The molecule has 0 saturated carbocycles. The molecule has 4 aromatic rings. The third-order valence-corrected chi connectivity index (χ3v) is 4.25. The van der Waals surface area contributed by atoms with Gasteiger partial charge in [-0.25, -0.2) is 19.3 Å². The lowest BCUT2D eigenvalue weighted by molar-refractivity contribution is 0.629. The van der Waals surface area contributed by atoms with E-state index in [1.807, 2.05) is 41.1 Å². The van der Waals surface area contributed by atoms with Crippen molar-refractivity contribution in [1.82, 2.24) is 19.5 Å². The van der Waals surface area contributed by atoms with Gasteiger partial charge in [0, 0.05) is 29.8 Å². The number of aryl methyl sites for hydroxylation is 2. The smallest absolute Gasteiger partial charge is 0.186 e. The Morgan fingerprint density at radius 3 is 2.59 bits per heavy atom. The van der Waals surface area contributed by atoms with Crippen LogP contribution >= 0.6 is 0 Å². The molecule has 5 heteroatoms. The minimum Gasteiger partial charge on any atom is -0.324 e. The molecule has 2 aromatic heterocycles. The molecule has 0 aliphatic heterocycles. The van der Waals surface area contributed by atoms with Crippen LogP contribution in [0.2, 0.25) is 0 Å². The lowest BCUT2D eigenvalue weighted by atomic mass is 10.2. The van der Waals surface area contributed by atoms with Gasteiger partial charge in [-0.05, 0) is 37.8 Å². The average Bonchev–Trinajstić information content (AvgIpc) is 3.09. The summed E-state index contributed by atoms with van der Waals surface area (Å²) in [6.07, 6.45) is 2.00. The van der Waals surface area contributed by atoms with Gasteiger partial charge in [0.25, 0.3) is 0 Å². The van der Waals surface area contributed by atoms with Gasteiger partial charge >= 0.3 is 0 Å². The second kappa shape index (κ2) is 7.00. The van der Waals surface area contributed by atoms with Gasteiger partial charge in [-0.2, -0.15) is 0 Å². The van der Waals surface area contributed by atoms with Crippen LogP contribution in [0.4, 0.5) is 4.39 Å². The van der Waals surface area contributed by atoms with Crippen molar-refractivity contribution in [2.24, 2.45) is 0 Å². The summed E-state index contributed by atoms with van der Waals surface area (Å²) in [6.45, 7) is 4.59. The highest BCUT2D eigenvalue weighted by molar-refractivity contribution is 5.83. The highest BCUT2D eigenvalue weighted by Crippen LogP contribution is 2.19. The van der Waals surface area contributed by atoms with Gasteiger partial charge in [0.15, 0.2) is 5.82 Å². The van der Waals surface area contributed by atoms with Gasteiger partial charge < -0.3 is 4.57 Å². The maximum absolute atomic E-state index is 13.5. The van der Waals surface area contributed by atoms with Crippen molar-refractivity contribution in [1.29, 1.82) is 0 Å². The van der Waals surface area contributed by atoms with Crippen LogP contribution < -0.4 is 0 Å². The van der Waals surface area contributed by atoms with Crippen LogP contribution in [0.5, 0.6) is 0 Å². The van der Waals surface area contributed by atoms with Crippen molar-refractivity contribution in [3.8, 4) is 23.1 Å². The summed E-state index contributed by atoms with van der Waals surface area (Å²) in [5, 5.41) is 0.729. The molecule has 0 aliphatic rings. The lowest BCUT2D eigenvalue weighted by Gasteiger charge is -2.02. The monoisotopic (exact) mass is 356 g/mol. The zero-order chi connectivity index (χ0) is 18.8. The number of hydrogen-bond acceptors (Lipinski definition) is 3. The fourth-order valence-electron chi connectivity index (χ4n) is 2.93. The third-order valence-electron chi connectivity index (χ3n) is 4.25. The van der Waals surface area contributed by atoms with E-state index in [1.54, 1.807) is 13.0 Å². The molecule has 0 saturated heterocycles. The Bertz CT molecular complexity index is 1180. The molecule has 0 amide bonds. The third kappa shape index (κ3) is 3.42. The Kier molecular flexibility index (Phi) is 4.39. The van der Waals surface area contributed by atoms with Crippen molar-refractivity contribution in [2.75, 3.05) is 0 Å². The number of rotatable bonds is 2. The van der Waals surface area contributed by atoms with Crippen molar-refractivity contribution in [2.45, 2.75) is 20.4 Å². The Hall–Kier alpha value is -3.52. The molecule has 0 bridgehead atoms. The van der Waals surface area contributed by atoms with Crippen molar-refractivity contribution in [3.63, 3.8) is 0 Å². The molecule has 2 aromatic carbocycles. The highest BCUT2D eigenvalue weighted by Gasteiger charge is 2.08. The van der Waals surface area contributed by atoms with Crippen LogP contribution in [0.3, 0.4) is 0 Å². The van der Waals surface area contributed by atoms with Crippen LogP contribution in [0.15, 0.2) is 54.7 Å². The Morgan fingerprint density at radius 1 is 1.00 bits per heavy atom. The summed E-state index contributed by atoms with van der Waals surface area (Å²) in [7, 11) is 0. The fourth-order valence-corrected chi connectivity index (χ4v) is 2.93. The first kappa shape index (κ1) is 16.9. The van der Waals surface area contributed by atoms with E-state index in [-0.39, 0.29) is 5.82 Å². The number of imidazole rings is 1. The first-order valence-electron chi connectivity index (χ1n) is 8.72. The number of benzene rings is 2. The summed E-state index contributed by atoms with van der Waals surface area (Å²) < 4.78 is 15.5. The number of halogens is 1. The summed E-state index contributed by atoms with van der Waals surface area (Å²) in [4.78, 5) is 13.4. The van der Waals surface area contributed by atoms with Gasteiger partial charge in [0.2, 0.25) is 0 Å². The van der Waals surface area contributed by atoms with Crippen LogP contribution in [0.1, 0.15) is 24.3 Å². The van der Waals surface area contributed by atoms with Crippen molar-refractivity contribution >= 4 is 10.9 Å². The minimum atomic E-state index is -0.325. The largest absolute Gasteiger partial charge is 0.324 e. The van der Waals surface area contributed by atoms with Gasteiger partial charge in [0.05, 0.1) is 11.2 Å². The number of fused-ring (bicyclic) bond motifs is 1. The predicted octanol–water partition coefficient (Wildman–Crippen LogP) is 4.36. The molecule has 0 unspecified atom stereocenters. The highest BCUT2D eigenvalue weighted by atomic mass is 19.1. The van der Waals surface area contributed by atoms with Gasteiger partial charge in [-0.1, -0.05) is 30.3 Å². The Balaban J connectivity index is 1.79. The minimum absolute atomic E-state index is 0.325. The van der Waals surface area contributed by atoms with E-state index in [2.05, 4.69) is 33.7 Å². The van der Waals surface area contributed by atoms with Crippen LogP contribution in [-0.2, 0) is 6.54 Å². The molecule has 27 heavy (non-hydrogen) atoms. The molecule has 0 N–H and O–H groups in total. The number of nitrogens with zero attached hydrogens (tertiary/aromatic N) is 4. The van der Waals surface area contributed by atoms with Crippen LogP contribution in [0, 0.1) is 24.6 Å². The molecule has 0 aliphatic carbocycles. The first-order chi connectivity index (χ1) is 13.1. The van der Waals surface area contributed by atoms with Crippen LogP contribution in [0.25, 0.3) is 22.2 Å². The average molecular weight is 356 g/mol. The summed E-state index contributed by atoms with van der Waals surface area (Å²) in [6, 6.07) is 14.5. The van der Waals surface area contributed by atoms with E-state index < -0.39 is 0 Å². The van der Waals surface area contributed by atoms with Crippen molar-refractivity contribution < 1.29 is 4.39 Å². The number of hydrogen-bond donors (Lipinski definition) is 0. The fraction of sp³-hybridized carbons (Fsp3) is 0.136. The SMILES string of the molecule is CCn1cc(-c2ccccc2)nc1C#Cc1nc(C)nc2cc(F)ccc12. The second-order valence-corrected chi connectivity index (χ2v) is 6.13. The molecular formula is C22H17FN4. The molecular weight excluding hydrogens is 339 g/mol. The quantitative estimate of drug-likeness (QED) is 0.501. The van der Waals surface area contributed by atoms with Gasteiger partial charge in [0.1, 0.15) is 17.3 Å². The Morgan fingerprint density at radius 2 is 1.81 bits per heavy atom. The maximum Gasteiger partial charge on any atom is 0.186 e. The standard InChI is InChI=1S/C22H17FN4/c1-3-27-14-21(16-7-5-4-6-8-16)26-22(27)12-11-19-18-10-9-17(23)13-20(18)25-15(2)24-19/h4-10,13-14H,3H2,1-2H3. The van der Waals surface area contributed by atoms with E-state index in [1.165, 1.54) is 12.1 Å². The molecule has 0 atom stereocenters. The topological polar surface area (TPSA) is 43.6 Å². The summed E-state index contributed by atoms with van der Waals surface area (Å²) in [5.41, 5.74) is 3.05. The van der Waals surface area contributed by atoms with Gasteiger partial charge in [-0.15, -0.1) is 0 Å².